The van der Waals surface area contributed by atoms with Crippen molar-refractivity contribution in [2.75, 3.05) is 4.90 Å². The molecule has 208 valence electrons. The molecular formula is C40H31NO2. The molecule has 0 amide bonds. The highest BCUT2D eigenvalue weighted by atomic mass is 16.1. The zero-order valence-corrected chi connectivity index (χ0v) is 24.5. The molecule has 0 spiro atoms. The number of allylic oxidation sites excluding steroid dienone is 1. The highest BCUT2D eigenvalue weighted by molar-refractivity contribution is 6.13. The molecule has 1 aliphatic rings. The zero-order valence-electron chi connectivity index (χ0n) is 24.5. The summed E-state index contributed by atoms with van der Waals surface area (Å²) in [5.74, 6) is -0.190. The minimum absolute atomic E-state index is 0.190. The van der Waals surface area contributed by atoms with Crippen LogP contribution in [0.3, 0.4) is 0 Å². The first kappa shape index (κ1) is 26.6. The van der Waals surface area contributed by atoms with Gasteiger partial charge < -0.3 is 4.90 Å². The molecule has 7 rings (SSSR count). The van der Waals surface area contributed by atoms with Gasteiger partial charge in [-0.05, 0) is 93.2 Å². The minimum atomic E-state index is -0.223. The van der Waals surface area contributed by atoms with Crippen LogP contribution < -0.4 is 4.90 Å². The summed E-state index contributed by atoms with van der Waals surface area (Å²) in [5, 5.41) is 4.18. The summed E-state index contributed by atoms with van der Waals surface area (Å²) >= 11 is 0. The summed E-state index contributed by atoms with van der Waals surface area (Å²) in [6, 6.07) is 39.4. The number of anilines is 3. The Morgan fingerprint density at radius 1 is 0.698 bits per heavy atom. The molecule has 43 heavy (non-hydrogen) atoms. The molecule has 3 heteroatoms. The van der Waals surface area contributed by atoms with Crippen molar-refractivity contribution in [2.24, 2.45) is 0 Å². The van der Waals surface area contributed by atoms with Crippen molar-refractivity contribution in [1.82, 2.24) is 0 Å². The Kier molecular flexibility index (Phi) is 6.32. The first-order chi connectivity index (χ1) is 20.9. The molecule has 0 bridgehead atoms. The summed E-state index contributed by atoms with van der Waals surface area (Å²) < 4.78 is 0. The van der Waals surface area contributed by atoms with Crippen LogP contribution in [0.2, 0.25) is 0 Å². The Morgan fingerprint density at radius 2 is 1.40 bits per heavy atom. The van der Waals surface area contributed by atoms with Gasteiger partial charge in [0.2, 0.25) is 0 Å². The van der Waals surface area contributed by atoms with E-state index in [4.69, 9.17) is 0 Å². The van der Waals surface area contributed by atoms with Crippen molar-refractivity contribution in [3.05, 3.63) is 155 Å². The van der Waals surface area contributed by atoms with Crippen molar-refractivity contribution < 1.29 is 9.59 Å². The van der Waals surface area contributed by atoms with Crippen LogP contribution in [0.25, 0.3) is 27.6 Å². The number of hydrogen-bond donors (Lipinski definition) is 0. The fourth-order valence-corrected chi connectivity index (χ4v) is 6.65. The van der Waals surface area contributed by atoms with Gasteiger partial charge in [0, 0.05) is 22.2 Å². The molecule has 0 aromatic heterocycles. The first-order valence-corrected chi connectivity index (χ1v) is 14.6. The van der Waals surface area contributed by atoms with Crippen LogP contribution in [0.4, 0.5) is 17.1 Å². The van der Waals surface area contributed by atoms with Crippen molar-refractivity contribution in [2.45, 2.75) is 26.2 Å². The quantitative estimate of drug-likeness (QED) is 0.120. The van der Waals surface area contributed by atoms with E-state index in [2.05, 4.69) is 105 Å². The maximum absolute atomic E-state index is 13.2. The molecule has 0 aliphatic carbocycles. The number of benzene rings is 6. The van der Waals surface area contributed by atoms with E-state index in [-0.39, 0.29) is 11.2 Å². The summed E-state index contributed by atoms with van der Waals surface area (Å²) in [4.78, 5) is 27.4. The summed E-state index contributed by atoms with van der Waals surface area (Å²) in [6.45, 7) is 6.77. The summed E-state index contributed by atoms with van der Waals surface area (Å²) in [5.41, 5.74) is 8.87. The topological polar surface area (TPSA) is 37.4 Å². The van der Waals surface area contributed by atoms with Gasteiger partial charge in [-0.1, -0.05) is 98.8 Å². The van der Waals surface area contributed by atoms with Gasteiger partial charge in [-0.15, -0.1) is 0 Å². The van der Waals surface area contributed by atoms with Crippen LogP contribution in [0.15, 0.2) is 121 Å². The Hall–Kier alpha value is -5.28. The van der Waals surface area contributed by atoms with Crippen LogP contribution in [-0.2, 0) is 5.41 Å². The van der Waals surface area contributed by atoms with Crippen LogP contribution >= 0.6 is 0 Å². The Bertz CT molecular complexity index is 2120. The molecule has 0 fully saturated rings. The fourth-order valence-electron chi connectivity index (χ4n) is 6.65. The van der Waals surface area contributed by atoms with Crippen LogP contribution in [0.1, 0.15) is 56.8 Å². The number of ketones is 1. The molecule has 3 nitrogen and oxygen atoms in total. The molecule has 6 aromatic rings. The number of carbonyl (C=O) groups is 2. The molecule has 6 aromatic carbocycles. The number of hydrogen-bond acceptors (Lipinski definition) is 3. The standard InChI is InChI=1S/C40H31NO2/c1-26-10-4-8-14-35(26)41-36-15-9-7-13-34(36)40(2,3)39-32-19-16-27(22-30(32)18-20-37(39)41)17-21-38(43)33-24-29-12-6-5-11-28(29)23-31(33)25-42/h4-25H,1-3H3. The number of nitrogens with zero attached hydrogens (tertiary/aromatic N) is 1. The third-order valence-electron chi connectivity index (χ3n) is 8.80. The SMILES string of the molecule is Cc1ccccc1N1c2ccccc2C(C)(C)c2c1ccc1cc(C=CC(=O)c3cc4ccccc4cc3C=O)ccc21. The van der Waals surface area contributed by atoms with Crippen LogP contribution in [0, 0.1) is 6.92 Å². The fraction of sp³-hybridized carbons (Fsp3) is 0.100. The van der Waals surface area contributed by atoms with Gasteiger partial charge >= 0.3 is 0 Å². The van der Waals surface area contributed by atoms with E-state index < -0.39 is 0 Å². The van der Waals surface area contributed by atoms with Crippen molar-refractivity contribution >= 4 is 56.8 Å². The average molecular weight is 558 g/mol. The van der Waals surface area contributed by atoms with Crippen molar-refractivity contribution in [1.29, 1.82) is 0 Å². The van der Waals surface area contributed by atoms with E-state index in [1.807, 2.05) is 30.3 Å². The predicted octanol–water partition coefficient (Wildman–Crippen LogP) is 10.1. The highest BCUT2D eigenvalue weighted by Gasteiger charge is 2.38. The Labute approximate surface area is 251 Å². The van der Waals surface area contributed by atoms with Crippen LogP contribution in [0.5, 0.6) is 0 Å². The first-order valence-electron chi connectivity index (χ1n) is 14.6. The van der Waals surface area contributed by atoms with Gasteiger partial charge in [0.25, 0.3) is 0 Å². The zero-order chi connectivity index (χ0) is 29.7. The third-order valence-corrected chi connectivity index (χ3v) is 8.80. The lowest BCUT2D eigenvalue weighted by atomic mass is 9.71. The van der Waals surface area contributed by atoms with E-state index in [0.717, 1.165) is 28.0 Å². The molecule has 0 radical (unpaired) electrons. The molecule has 0 atom stereocenters. The van der Waals surface area contributed by atoms with Gasteiger partial charge in [-0.2, -0.15) is 0 Å². The molecule has 1 heterocycles. The van der Waals surface area contributed by atoms with E-state index in [1.54, 1.807) is 18.2 Å². The normalized spacial score (nSPS) is 13.7. The second kappa shape index (κ2) is 10.2. The van der Waals surface area contributed by atoms with Gasteiger partial charge in [0.1, 0.15) is 0 Å². The van der Waals surface area contributed by atoms with Gasteiger partial charge in [0.15, 0.2) is 12.1 Å². The summed E-state index contributed by atoms with van der Waals surface area (Å²) in [6.07, 6.45) is 4.16. The second-order valence-electron chi connectivity index (χ2n) is 11.8. The maximum atomic E-state index is 13.2. The number of fused-ring (bicyclic) bond motifs is 5. The lowest BCUT2D eigenvalue weighted by molar-refractivity contribution is 0.103. The van der Waals surface area contributed by atoms with E-state index in [1.165, 1.54) is 39.1 Å². The van der Waals surface area contributed by atoms with Crippen LogP contribution in [-0.4, -0.2) is 12.1 Å². The predicted molar refractivity (Wildman–Crippen MR) is 178 cm³/mol. The van der Waals surface area contributed by atoms with E-state index >= 15 is 0 Å². The maximum Gasteiger partial charge on any atom is 0.186 e. The van der Waals surface area contributed by atoms with Gasteiger partial charge in [-0.3, -0.25) is 9.59 Å². The summed E-state index contributed by atoms with van der Waals surface area (Å²) in [7, 11) is 0. The molecule has 0 unspecified atom stereocenters. The van der Waals surface area contributed by atoms with E-state index in [9.17, 15) is 9.59 Å². The largest absolute Gasteiger partial charge is 0.310 e. The highest BCUT2D eigenvalue weighted by Crippen LogP contribution is 2.54. The van der Waals surface area contributed by atoms with Crippen molar-refractivity contribution in [3.63, 3.8) is 0 Å². The van der Waals surface area contributed by atoms with Gasteiger partial charge in [0.05, 0.1) is 11.4 Å². The lowest BCUT2D eigenvalue weighted by Crippen LogP contribution is -2.31. The molecule has 1 aliphatic heterocycles. The molecule has 0 saturated carbocycles. The van der Waals surface area contributed by atoms with E-state index in [0.29, 0.717) is 11.1 Å². The third kappa shape index (κ3) is 4.36. The van der Waals surface area contributed by atoms with Gasteiger partial charge in [-0.25, -0.2) is 0 Å². The Morgan fingerprint density at radius 3 is 2.16 bits per heavy atom. The van der Waals surface area contributed by atoms with Crippen molar-refractivity contribution in [3.8, 4) is 0 Å². The second-order valence-corrected chi connectivity index (χ2v) is 11.8. The monoisotopic (exact) mass is 557 g/mol. The number of aldehydes is 1. The number of para-hydroxylation sites is 2. The Balaban J connectivity index is 1.31. The molecule has 0 N–H and O–H groups in total. The average Bonchev–Trinajstić information content (AvgIpc) is 3.03. The number of rotatable bonds is 5. The molecule has 0 saturated heterocycles. The lowest BCUT2D eigenvalue weighted by Gasteiger charge is -2.43. The molecular weight excluding hydrogens is 526 g/mol. The minimum Gasteiger partial charge on any atom is -0.310 e. The number of aryl methyl sites for hydroxylation is 1. The smallest absolute Gasteiger partial charge is 0.186 e. The number of carbonyl (C=O) groups excluding carboxylic acids is 2.